The summed E-state index contributed by atoms with van der Waals surface area (Å²) in [6, 6.07) is 8.99. The van der Waals surface area contributed by atoms with Crippen molar-refractivity contribution in [3.05, 3.63) is 42.0 Å². The van der Waals surface area contributed by atoms with Gasteiger partial charge in [-0.2, -0.15) is 5.26 Å². The maximum atomic E-state index is 11.3. The number of ether oxygens (including phenoxy) is 1. The molecule has 0 amide bonds. The van der Waals surface area contributed by atoms with Crippen molar-refractivity contribution in [3.8, 4) is 6.07 Å². The Morgan fingerprint density at radius 2 is 2.12 bits per heavy atom. The quantitative estimate of drug-likeness (QED) is 0.621. The topological polar surface area (TPSA) is 62.1 Å². The number of carbonyl (C=O) groups is 1. The molecule has 0 unspecified atom stereocenters. The summed E-state index contributed by atoms with van der Waals surface area (Å²) in [5.41, 5.74) is 1.80. The van der Waals surface area contributed by atoms with Crippen LogP contribution >= 0.6 is 0 Å². The number of rotatable bonds is 5. The van der Waals surface area contributed by atoms with E-state index in [0.29, 0.717) is 24.3 Å². The molecule has 0 aliphatic rings. The first-order chi connectivity index (χ1) is 8.17. The molecule has 0 aliphatic carbocycles. The number of benzene rings is 1. The number of nitrogens with one attached hydrogen (secondary N) is 1. The van der Waals surface area contributed by atoms with Crippen molar-refractivity contribution < 1.29 is 9.53 Å². The van der Waals surface area contributed by atoms with Crippen molar-refractivity contribution in [2.75, 3.05) is 18.5 Å². The molecule has 0 saturated carbocycles. The van der Waals surface area contributed by atoms with Crippen LogP contribution in [0.1, 0.15) is 12.5 Å². The van der Waals surface area contributed by atoms with Crippen LogP contribution in [0.2, 0.25) is 0 Å². The summed E-state index contributed by atoms with van der Waals surface area (Å²) in [7, 11) is 0. The van der Waals surface area contributed by atoms with Crippen LogP contribution in [0.15, 0.2) is 36.4 Å². The molecule has 1 rings (SSSR count). The van der Waals surface area contributed by atoms with Crippen molar-refractivity contribution in [1.29, 1.82) is 5.26 Å². The van der Waals surface area contributed by atoms with Crippen LogP contribution < -0.4 is 5.32 Å². The second kappa shape index (κ2) is 6.33. The molecular weight excluding hydrogens is 216 g/mol. The predicted octanol–water partition coefficient (Wildman–Crippen LogP) is 2.09. The second-order valence-electron chi connectivity index (χ2n) is 3.37. The number of hydrogen-bond donors (Lipinski definition) is 1. The molecule has 0 saturated heterocycles. The lowest BCUT2D eigenvalue weighted by Crippen LogP contribution is -2.14. The van der Waals surface area contributed by atoms with Gasteiger partial charge in [-0.1, -0.05) is 6.58 Å². The van der Waals surface area contributed by atoms with E-state index in [1.165, 1.54) is 0 Å². The SMILES string of the molecule is C=C(CNc1ccc(C#N)cc1)C(=O)OCC. The van der Waals surface area contributed by atoms with E-state index < -0.39 is 5.97 Å². The number of hydrogen-bond acceptors (Lipinski definition) is 4. The van der Waals surface area contributed by atoms with Gasteiger partial charge in [0.2, 0.25) is 0 Å². The van der Waals surface area contributed by atoms with Crippen LogP contribution in [0.4, 0.5) is 5.69 Å². The molecule has 17 heavy (non-hydrogen) atoms. The molecule has 1 aromatic rings. The van der Waals surface area contributed by atoms with Crippen molar-refractivity contribution in [2.45, 2.75) is 6.92 Å². The molecular formula is C13H14N2O2. The average Bonchev–Trinajstić information content (AvgIpc) is 2.36. The lowest BCUT2D eigenvalue weighted by molar-refractivity contribution is -0.138. The Hall–Kier alpha value is -2.28. The molecule has 0 aromatic heterocycles. The second-order valence-corrected chi connectivity index (χ2v) is 3.37. The zero-order valence-electron chi connectivity index (χ0n) is 9.69. The van der Waals surface area contributed by atoms with Gasteiger partial charge >= 0.3 is 5.97 Å². The van der Waals surface area contributed by atoms with Crippen molar-refractivity contribution in [3.63, 3.8) is 0 Å². The third-order valence-electron chi connectivity index (χ3n) is 2.08. The fourth-order valence-electron chi connectivity index (χ4n) is 1.18. The fraction of sp³-hybridized carbons (Fsp3) is 0.231. The third-order valence-corrected chi connectivity index (χ3v) is 2.08. The molecule has 0 radical (unpaired) electrons. The molecule has 4 nitrogen and oxygen atoms in total. The number of carbonyl (C=O) groups excluding carboxylic acids is 1. The minimum Gasteiger partial charge on any atom is -0.463 e. The first-order valence-corrected chi connectivity index (χ1v) is 5.26. The van der Waals surface area contributed by atoms with E-state index in [1.807, 2.05) is 6.07 Å². The van der Waals surface area contributed by atoms with Crippen LogP contribution in [0, 0.1) is 11.3 Å². The summed E-state index contributed by atoms with van der Waals surface area (Å²) in [5, 5.41) is 11.7. The summed E-state index contributed by atoms with van der Waals surface area (Å²) in [5.74, 6) is -0.395. The molecule has 1 N–H and O–H groups in total. The lowest BCUT2D eigenvalue weighted by atomic mass is 10.2. The molecule has 88 valence electrons. The number of nitrogens with zero attached hydrogens (tertiary/aromatic N) is 1. The largest absolute Gasteiger partial charge is 0.463 e. The standard InChI is InChI=1S/C13H14N2O2/c1-3-17-13(16)10(2)9-15-12-6-4-11(8-14)5-7-12/h4-7,15H,2-3,9H2,1H3. The first kappa shape index (κ1) is 12.8. The van der Waals surface area contributed by atoms with E-state index in [0.717, 1.165) is 5.69 Å². The van der Waals surface area contributed by atoms with Crippen molar-refractivity contribution in [1.82, 2.24) is 0 Å². The average molecular weight is 230 g/mol. The van der Waals surface area contributed by atoms with Gasteiger partial charge in [0.1, 0.15) is 0 Å². The zero-order valence-corrected chi connectivity index (χ0v) is 9.69. The normalized spacial score (nSPS) is 9.18. The third kappa shape index (κ3) is 3.99. The number of anilines is 1. The highest BCUT2D eigenvalue weighted by Crippen LogP contribution is 2.09. The highest BCUT2D eigenvalue weighted by Gasteiger charge is 2.06. The smallest absolute Gasteiger partial charge is 0.335 e. The molecule has 0 heterocycles. The van der Waals surface area contributed by atoms with Gasteiger partial charge in [0, 0.05) is 17.8 Å². The predicted molar refractivity (Wildman–Crippen MR) is 65.4 cm³/mol. The Labute approximate surface area is 101 Å². The van der Waals surface area contributed by atoms with Gasteiger partial charge in [-0.25, -0.2) is 4.79 Å². The van der Waals surface area contributed by atoms with Crippen LogP contribution in [0.3, 0.4) is 0 Å². The molecule has 0 spiro atoms. The van der Waals surface area contributed by atoms with Gasteiger partial charge in [-0.3, -0.25) is 0 Å². The van der Waals surface area contributed by atoms with Crippen LogP contribution in [0.25, 0.3) is 0 Å². The van der Waals surface area contributed by atoms with Gasteiger partial charge in [-0.15, -0.1) is 0 Å². The van der Waals surface area contributed by atoms with E-state index in [1.54, 1.807) is 31.2 Å². The summed E-state index contributed by atoms with van der Waals surface area (Å²) in [6.07, 6.45) is 0. The maximum absolute atomic E-state index is 11.3. The van der Waals surface area contributed by atoms with E-state index in [2.05, 4.69) is 11.9 Å². The highest BCUT2D eigenvalue weighted by molar-refractivity contribution is 5.88. The summed E-state index contributed by atoms with van der Waals surface area (Å²) >= 11 is 0. The maximum Gasteiger partial charge on any atom is 0.335 e. The Balaban J connectivity index is 2.47. The molecule has 0 aliphatic heterocycles. The van der Waals surface area contributed by atoms with Gasteiger partial charge in [0.05, 0.1) is 18.2 Å². The van der Waals surface area contributed by atoms with Crippen molar-refractivity contribution in [2.24, 2.45) is 0 Å². The monoisotopic (exact) mass is 230 g/mol. The van der Waals surface area contributed by atoms with Gasteiger partial charge in [0.15, 0.2) is 0 Å². The van der Waals surface area contributed by atoms with Crippen molar-refractivity contribution >= 4 is 11.7 Å². The van der Waals surface area contributed by atoms with Gasteiger partial charge < -0.3 is 10.1 Å². The number of nitriles is 1. The van der Waals surface area contributed by atoms with Crippen LogP contribution in [-0.4, -0.2) is 19.1 Å². The van der Waals surface area contributed by atoms with Gasteiger partial charge in [-0.05, 0) is 31.2 Å². The fourth-order valence-corrected chi connectivity index (χ4v) is 1.18. The Bertz CT molecular complexity index is 443. The number of esters is 1. The summed E-state index contributed by atoms with van der Waals surface area (Å²) < 4.78 is 4.81. The van der Waals surface area contributed by atoms with E-state index in [-0.39, 0.29) is 0 Å². The highest BCUT2D eigenvalue weighted by atomic mass is 16.5. The molecule has 0 bridgehead atoms. The minimum atomic E-state index is -0.395. The zero-order chi connectivity index (χ0) is 12.7. The molecule has 0 fully saturated rings. The minimum absolute atomic E-state index is 0.324. The van der Waals surface area contributed by atoms with Gasteiger partial charge in [0.25, 0.3) is 0 Å². The molecule has 4 heteroatoms. The lowest BCUT2D eigenvalue weighted by Gasteiger charge is -2.08. The van der Waals surface area contributed by atoms with E-state index >= 15 is 0 Å². The summed E-state index contributed by atoms with van der Waals surface area (Å²) in [6.45, 7) is 6.05. The van der Waals surface area contributed by atoms with E-state index in [4.69, 9.17) is 10.00 Å². The Morgan fingerprint density at radius 1 is 1.47 bits per heavy atom. The first-order valence-electron chi connectivity index (χ1n) is 5.26. The molecule has 0 atom stereocenters. The molecule has 1 aromatic carbocycles. The van der Waals surface area contributed by atoms with Crippen LogP contribution in [-0.2, 0) is 9.53 Å². The summed E-state index contributed by atoms with van der Waals surface area (Å²) in [4.78, 5) is 11.3. The Morgan fingerprint density at radius 3 is 2.65 bits per heavy atom. The Kier molecular flexibility index (Phi) is 4.77. The van der Waals surface area contributed by atoms with Crippen LogP contribution in [0.5, 0.6) is 0 Å². The van der Waals surface area contributed by atoms with E-state index in [9.17, 15) is 4.79 Å².